The normalized spacial score (nSPS) is 35.4. The maximum absolute atomic E-state index is 9.87. The number of rotatable bonds is 3. The lowest BCUT2D eigenvalue weighted by atomic mass is 10.0. The fraction of sp³-hybridized carbons (Fsp3) is 0.800. The van der Waals surface area contributed by atoms with Crippen LogP contribution in [0.15, 0.2) is 12.2 Å². The van der Waals surface area contributed by atoms with Crippen molar-refractivity contribution in [2.45, 2.75) is 44.8 Å². The van der Waals surface area contributed by atoms with Crippen molar-refractivity contribution in [3.63, 3.8) is 0 Å². The highest BCUT2D eigenvalue weighted by molar-refractivity contribution is 4.98. The van der Waals surface area contributed by atoms with Crippen LogP contribution in [0, 0.1) is 0 Å². The van der Waals surface area contributed by atoms with Gasteiger partial charge in [-0.3, -0.25) is 0 Å². The Morgan fingerprint density at radius 2 is 2.42 bits per heavy atom. The Labute approximate surface area is 74.7 Å². The van der Waals surface area contributed by atoms with Gasteiger partial charge in [-0.2, -0.15) is 0 Å². The van der Waals surface area contributed by atoms with E-state index in [0.29, 0.717) is 0 Å². The first-order valence-corrected chi connectivity index (χ1v) is 4.62. The van der Waals surface area contributed by atoms with Crippen molar-refractivity contribution < 1.29 is 5.11 Å². The van der Waals surface area contributed by atoms with E-state index in [1.54, 1.807) is 0 Å². The SMILES string of the molecule is C=C(C)CNC1CCCC1(C)O. The van der Waals surface area contributed by atoms with E-state index in [1.165, 1.54) is 0 Å². The summed E-state index contributed by atoms with van der Waals surface area (Å²) in [6, 6.07) is 0.259. The van der Waals surface area contributed by atoms with E-state index in [9.17, 15) is 5.11 Å². The summed E-state index contributed by atoms with van der Waals surface area (Å²) in [5, 5.41) is 13.2. The predicted molar refractivity (Wildman–Crippen MR) is 51.1 cm³/mol. The highest BCUT2D eigenvalue weighted by Crippen LogP contribution is 2.29. The smallest absolute Gasteiger partial charge is 0.0772 e. The largest absolute Gasteiger partial charge is 0.389 e. The molecule has 0 spiro atoms. The van der Waals surface area contributed by atoms with Gasteiger partial charge >= 0.3 is 0 Å². The van der Waals surface area contributed by atoms with Gasteiger partial charge in [-0.1, -0.05) is 12.2 Å². The Morgan fingerprint density at radius 3 is 2.83 bits per heavy atom. The topological polar surface area (TPSA) is 32.3 Å². The Kier molecular flexibility index (Phi) is 2.91. The summed E-state index contributed by atoms with van der Waals surface area (Å²) in [6.45, 7) is 8.55. The molecule has 1 fully saturated rings. The average Bonchev–Trinajstić information content (AvgIpc) is 2.25. The van der Waals surface area contributed by atoms with Crippen molar-refractivity contribution in [2.75, 3.05) is 6.54 Å². The standard InChI is InChI=1S/C10H19NO/c1-8(2)7-11-9-5-4-6-10(9,3)12/h9,11-12H,1,4-7H2,2-3H3. The molecule has 0 aromatic carbocycles. The summed E-state index contributed by atoms with van der Waals surface area (Å²) in [6.07, 6.45) is 3.13. The quantitative estimate of drug-likeness (QED) is 0.627. The van der Waals surface area contributed by atoms with Crippen LogP contribution in [0.5, 0.6) is 0 Å². The van der Waals surface area contributed by atoms with E-state index < -0.39 is 5.60 Å². The summed E-state index contributed by atoms with van der Waals surface area (Å²) in [4.78, 5) is 0. The van der Waals surface area contributed by atoms with E-state index >= 15 is 0 Å². The van der Waals surface area contributed by atoms with Gasteiger partial charge in [-0.05, 0) is 33.1 Å². The van der Waals surface area contributed by atoms with Crippen LogP contribution in [0.1, 0.15) is 33.1 Å². The van der Waals surface area contributed by atoms with Gasteiger partial charge < -0.3 is 10.4 Å². The Balaban J connectivity index is 2.36. The van der Waals surface area contributed by atoms with Crippen LogP contribution in [0.2, 0.25) is 0 Å². The highest BCUT2D eigenvalue weighted by Gasteiger charge is 2.35. The van der Waals surface area contributed by atoms with E-state index in [4.69, 9.17) is 0 Å². The predicted octanol–water partition coefficient (Wildman–Crippen LogP) is 1.46. The molecule has 0 aromatic rings. The number of aliphatic hydroxyl groups is 1. The molecule has 70 valence electrons. The molecule has 0 saturated heterocycles. The molecule has 0 amide bonds. The minimum atomic E-state index is -0.505. The molecule has 0 aliphatic heterocycles. The molecule has 1 rings (SSSR count). The van der Waals surface area contributed by atoms with Crippen molar-refractivity contribution in [3.05, 3.63) is 12.2 Å². The maximum Gasteiger partial charge on any atom is 0.0772 e. The molecule has 0 bridgehead atoms. The second kappa shape index (κ2) is 3.58. The van der Waals surface area contributed by atoms with Crippen molar-refractivity contribution >= 4 is 0 Å². The van der Waals surface area contributed by atoms with E-state index in [1.807, 2.05) is 13.8 Å². The van der Waals surface area contributed by atoms with E-state index in [-0.39, 0.29) is 6.04 Å². The molecule has 0 aromatic heterocycles. The zero-order chi connectivity index (χ0) is 9.19. The molecule has 2 heteroatoms. The first-order chi connectivity index (χ1) is 5.52. The summed E-state index contributed by atoms with van der Waals surface area (Å²) in [5.74, 6) is 0. The molecule has 0 heterocycles. The molecule has 2 nitrogen and oxygen atoms in total. The average molecular weight is 169 g/mol. The van der Waals surface area contributed by atoms with Crippen LogP contribution in [-0.4, -0.2) is 23.3 Å². The third-order valence-electron chi connectivity index (χ3n) is 2.58. The summed E-state index contributed by atoms with van der Waals surface area (Å²) in [7, 11) is 0. The lowest BCUT2D eigenvalue weighted by molar-refractivity contribution is 0.0403. The van der Waals surface area contributed by atoms with Gasteiger partial charge in [0.05, 0.1) is 5.60 Å². The second-order valence-electron chi connectivity index (χ2n) is 4.14. The fourth-order valence-corrected chi connectivity index (χ4v) is 1.77. The molecular formula is C10H19NO. The summed E-state index contributed by atoms with van der Waals surface area (Å²) >= 11 is 0. The van der Waals surface area contributed by atoms with Crippen LogP contribution < -0.4 is 5.32 Å². The van der Waals surface area contributed by atoms with Gasteiger partial charge in [0.25, 0.3) is 0 Å². The molecule has 12 heavy (non-hydrogen) atoms. The third-order valence-corrected chi connectivity index (χ3v) is 2.58. The number of hydrogen-bond donors (Lipinski definition) is 2. The van der Waals surface area contributed by atoms with E-state index in [2.05, 4.69) is 11.9 Å². The van der Waals surface area contributed by atoms with Gasteiger partial charge in [0.2, 0.25) is 0 Å². The Bertz CT molecular complexity index is 175. The first-order valence-electron chi connectivity index (χ1n) is 4.62. The molecule has 2 unspecified atom stereocenters. The van der Waals surface area contributed by atoms with Crippen molar-refractivity contribution in [1.82, 2.24) is 5.32 Å². The van der Waals surface area contributed by atoms with Gasteiger partial charge in [-0.15, -0.1) is 0 Å². The van der Waals surface area contributed by atoms with Crippen LogP contribution in [0.3, 0.4) is 0 Å². The van der Waals surface area contributed by atoms with Gasteiger partial charge in [0, 0.05) is 12.6 Å². The summed E-state index contributed by atoms with van der Waals surface area (Å²) in [5.41, 5.74) is 0.618. The molecule has 0 radical (unpaired) electrons. The summed E-state index contributed by atoms with van der Waals surface area (Å²) < 4.78 is 0. The van der Waals surface area contributed by atoms with Crippen molar-refractivity contribution in [1.29, 1.82) is 0 Å². The third kappa shape index (κ3) is 2.32. The Hall–Kier alpha value is -0.340. The lowest BCUT2D eigenvalue weighted by Gasteiger charge is -2.26. The monoisotopic (exact) mass is 169 g/mol. The van der Waals surface area contributed by atoms with Gasteiger partial charge in [-0.25, -0.2) is 0 Å². The number of nitrogens with one attached hydrogen (secondary N) is 1. The maximum atomic E-state index is 9.87. The molecular weight excluding hydrogens is 150 g/mol. The van der Waals surface area contributed by atoms with Gasteiger partial charge in [0.1, 0.15) is 0 Å². The zero-order valence-electron chi connectivity index (χ0n) is 8.06. The minimum Gasteiger partial charge on any atom is -0.389 e. The van der Waals surface area contributed by atoms with E-state index in [0.717, 1.165) is 31.4 Å². The first kappa shape index (κ1) is 9.75. The Morgan fingerprint density at radius 1 is 1.75 bits per heavy atom. The molecule has 2 atom stereocenters. The van der Waals surface area contributed by atoms with Gasteiger partial charge in [0.15, 0.2) is 0 Å². The van der Waals surface area contributed by atoms with Crippen LogP contribution in [-0.2, 0) is 0 Å². The van der Waals surface area contributed by atoms with Crippen LogP contribution >= 0.6 is 0 Å². The minimum absolute atomic E-state index is 0.259. The lowest BCUT2D eigenvalue weighted by Crippen LogP contribution is -2.44. The number of hydrogen-bond acceptors (Lipinski definition) is 2. The second-order valence-corrected chi connectivity index (χ2v) is 4.14. The van der Waals surface area contributed by atoms with Crippen LogP contribution in [0.25, 0.3) is 0 Å². The molecule has 1 aliphatic rings. The highest BCUT2D eigenvalue weighted by atomic mass is 16.3. The fourth-order valence-electron chi connectivity index (χ4n) is 1.77. The molecule has 1 aliphatic carbocycles. The van der Waals surface area contributed by atoms with Crippen molar-refractivity contribution in [3.8, 4) is 0 Å². The molecule has 1 saturated carbocycles. The van der Waals surface area contributed by atoms with Crippen LogP contribution in [0.4, 0.5) is 0 Å². The zero-order valence-corrected chi connectivity index (χ0v) is 8.06. The van der Waals surface area contributed by atoms with Crippen molar-refractivity contribution in [2.24, 2.45) is 0 Å². The molecule has 2 N–H and O–H groups in total.